The first-order valence-corrected chi connectivity index (χ1v) is 9.48. The second kappa shape index (κ2) is 7.93. The van der Waals surface area contributed by atoms with Gasteiger partial charge in [-0.3, -0.25) is 14.4 Å². The van der Waals surface area contributed by atoms with Gasteiger partial charge in [0.05, 0.1) is 16.7 Å². The van der Waals surface area contributed by atoms with E-state index >= 15 is 0 Å². The number of hydrogen-bond donors (Lipinski definition) is 1. The van der Waals surface area contributed by atoms with Crippen molar-refractivity contribution >= 4 is 52.5 Å². The standard InChI is InChI=1S/C19H17ClN2O3S/c1-12-4-2-3-5-15(12)21-17(23)11-26-16-10-18(24)22(19(16)25)14-8-6-13(20)7-9-14/h2-9,16H,10-11H2,1H3,(H,21,23). The lowest BCUT2D eigenvalue weighted by Gasteiger charge is -2.15. The molecule has 1 aliphatic heterocycles. The van der Waals surface area contributed by atoms with E-state index in [1.807, 2.05) is 31.2 Å². The van der Waals surface area contributed by atoms with Crippen molar-refractivity contribution in [2.45, 2.75) is 18.6 Å². The minimum absolute atomic E-state index is 0.0871. The Hall–Kier alpha value is -2.31. The van der Waals surface area contributed by atoms with E-state index in [1.165, 1.54) is 11.8 Å². The summed E-state index contributed by atoms with van der Waals surface area (Å²) in [5.74, 6) is -0.665. The predicted octanol–water partition coefficient (Wildman–Crippen LogP) is 3.65. The van der Waals surface area contributed by atoms with Crippen LogP contribution in [0.5, 0.6) is 0 Å². The van der Waals surface area contributed by atoms with Gasteiger partial charge in [0.15, 0.2) is 0 Å². The molecular weight excluding hydrogens is 372 g/mol. The molecule has 2 aromatic rings. The number of carbonyl (C=O) groups excluding carboxylic acids is 3. The average Bonchev–Trinajstić information content (AvgIpc) is 2.90. The molecule has 1 unspecified atom stereocenters. The third-order valence-electron chi connectivity index (χ3n) is 4.02. The molecule has 1 heterocycles. The van der Waals surface area contributed by atoms with Crippen molar-refractivity contribution in [2.24, 2.45) is 0 Å². The number of halogens is 1. The summed E-state index contributed by atoms with van der Waals surface area (Å²) >= 11 is 7.03. The summed E-state index contributed by atoms with van der Waals surface area (Å²) in [6.45, 7) is 1.91. The molecule has 7 heteroatoms. The second-order valence-electron chi connectivity index (χ2n) is 5.91. The van der Waals surface area contributed by atoms with Gasteiger partial charge in [-0.2, -0.15) is 0 Å². The number of imide groups is 1. The monoisotopic (exact) mass is 388 g/mol. The average molecular weight is 389 g/mol. The fraction of sp³-hybridized carbons (Fsp3) is 0.211. The quantitative estimate of drug-likeness (QED) is 0.794. The molecule has 1 fully saturated rings. The Morgan fingerprint density at radius 1 is 1.19 bits per heavy atom. The van der Waals surface area contributed by atoms with E-state index in [-0.39, 0.29) is 29.9 Å². The summed E-state index contributed by atoms with van der Waals surface area (Å²) in [7, 11) is 0. The molecule has 26 heavy (non-hydrogen) atoms. The Bertz CT molecular complexity index is 854. The molecule has 3 amide bonds. The van der Waals surface area contributed by atoms with Gasteiger partial charge in [-0.1, -0.05) is 29.8 Å². The Kier molecular flexibility index (Phi) is 5.64. The molecule has 1 atom stereocenters. The number of nitrogens with one attached hydrogen (secondary N) is 1. The fourth-order valence-electron chi connectivity index (χ4n) is 2.67. The van der Waals surface area contributed by atoms with E-state index in [4.69, 9.17) is 11.6 Å². The Labute approximate surface area is 160 Å². The summed E-state index contributed by atoms with van der Waals surface area (Å²) in [6.07, 6.45) is 0.0871. The predicted molar refractivity (Wildman–Crippen MR) is 105 cm³/mol. The molecule has 0 radical (unpaired) electrons. The number of anilines is 2. The van der Waals surface area contributed by atoms with E-state index in [9.17, 15) is 14.4 Å². The first-order chi connectivity index (χ1) is 12.5. The Morgan fingerprint density at radius 3 is 2.58 bits per heavy atom. The minimum Gasteiger partial charge on any atom is -0.325 e. The highest BCUT2D eigenvalue weighted by molar-refractivity contribution is 8.01. The van der Waals surface area contributed by atoms with Crippen LogP contribution in [-0.4, -0.2) is 28.7 Å². The number of nitrogens with zero attached hydrogens (tertiary/aromatic N) is 1. The highest BCUT2D eigenvalue weighted by atomic mass is 35.5. The van der Waals surface area contributed by atoms with Gasteiger partial charge < -0.3 is 5.32 Å². The number of hydrogen-bond acceptors (Lipinski definition) is 4. The van der Waals surface area contributed by atoms with Crippen LogP contribution in [-0.2, 0) is 14.4 Å². The van der Waals surface area contributed by atoms with Crippen molar-refractivity contribution in [3.05, 3.63) is 59.1 Å². The number of thioether (sulfide) groups is 1. The van der Waals surface area contributed by atoms with Crippen LogP contribution < -0.4 is 10.2 Å². The van der Waals surface area contributed by atoms with E-state index in [0.29, 0.717) is 10.7 Å². The van der Waals surface area contributed by atoms with E-state index in [1.54, 1.807) is 24.3 Å². The molecule has 134 valence electrons. The van der Waals surface area contributed by atoms with Gasteiger partial charge in [0.25, 0.3) is 0 Å². The van der Waals surface area contributed by atoms with Crippen molar-refractivity contribution in [1.82, 2.24) is 0 Å². The number of carbonyl (C=O) groups is 3. The maximum absolute atomic E-state index is 12.5. The van der Waals surface area contributed by atoms with Gasteiger partial charge in [-0.05, 0) is 42.8 Å². The SMILES string of the molecule is Cc1ccccc1NC(=O)CSC1CC(=O)N(c2ccc(Cl)cc2)C1=O. The van der Waals surface area contributed by atoms with Gasteiger partial charge in [-0.15, -0.1) is 11.8 Å². The van der Waals surface area contributed by atoms with Crippen LogP contribution in [0.1, 0.15) is 12.0 Å². The second-order valence-corrected chi connectivity index (χ2v) is 7.54. The summed E-state index contributed by atoms with van der Waals surface area (Å²) in [5, 5.41) is 2.80. The van der Waals surface area contributed by atoms with Gasteiger partial charge in [0, 0.05) is 17.1 Å². The molecule has 0 aliphatic carbocycles. The van der Waals surface area contributed by atoms with E-state index in [0.717, 1.165) is 16.2 Å². The van der Waals surface area contributed by atoms with Gasteiger partial charge in [-0.25, -0.2) is 4.90 Å². The van der Waals surface area contributed by atoms with Crippen LogP contribution in [0.2, 0.25) is 5.02 Å². The van der Waals surface area contributed by atoms with Crippen molar-refractivity contribution in [2.75, 3.05) is 16.0 Å². The first-order valence-electron chi connectivity index (χ1n) is 8.05. The molecule has 0 saturated carbocycles. The number of amides is 3. The summed E-state index contributed by atoms with van der Waals surface area (Å²) < 4.78 is 0. The molecule has 5 nitrogen and oxygen atoms in total. The number of para-hydroxylation sites is 1. The van der Waals surface area contributed by atoms with Crippen molar-refractivity contribution in [3.8, 4) is 0 Å². The zero-order valence-electron chi connectivity index (χ0n) is 14.1. The Morgan fingerprint density at radius 2 is 1.88 bits per heavy atom. The summed E-state index contributed by atoms with van der Waals surface area (Å²) in [4.78, 5) is 38.1. The lowest BCUT2D eigenvalue weighted by Crippen LogP contribution is -2.31. The smallest absolute Gasteiger partial charge is 0.247 e. The number of rotatable bonds is 5. The summed E-state index contributed by atoms with van der Waals surface area (Å²) in [5.41, 5.74) is 2.21. The van der Waals surface area contributed by atoms with Crippen LogP contribution in [0.4, 0.5) is 11.4 Å². The molecule has 1 saturated heterocycles. The van der Waals surface area contributed by atoms with Crippen LogP contribution in [0.25, 0.3) is 0 Å². The molecule has 0 aromatic heterocycles. The molecule has 2 aromatic carbocycles. The minimum atomic E-state index is -0.555. The normalized spacial score (nSPS) is 16.8. The Balaban J connectivity index is 1.60. The lowest BCUT2D eigenvalue weighted by molar-refractivity contribution is -0.121. The van der Waals surface area contributed by atoms with Crippen LogP contribution in [0.3, 0.4) is 0 Å². The third-order valence-corrected chi connectivity index (χ3v) is 5.48. The van der Waals surface area contributed by atoms with Crippen LogP contribution in [0, 0.1) is 6.92 Å². The summed E-state index contributed by atoms with van der Waals surface area (Å²) in [6, 6.07) is 14.0. The van der Waals surface area contributed by atoms with Crippen LogP contribution in [0.15, 0.2) is 48.5 Å². The van der Waals surface area contributed by atoms with Crippen molar-refractivity contribution < 1.29 is 14.4 Å². The highest BCUT2D eigenvalue weighted by Gasteiger charge is 2.40. The van der Waals surface area contributed by atoms with Gasteiger partial charge in [0.1, 0.15) is 0 Å². The molecule has 1 N–H and O–H groups in total. The fourth-order valence-corrected chi connectivity index (χ4v) is 3.73. The highest BCUT2D eigenvalue weighted by Crippen LogP contribution is 2.30. The largest absolute Gasteiger partial charge is 0.325 e. The van der Waals surface area contributed by atoms with Crippen molar-refractivity contribution in [3.63, 3.8) is 0 Å². The number of aryl methyl sites for hydroxylation is 1. The molecular formula is C19H17ClN2O3S. The van der Waals surface area contributed by atoms with Gasteiger partial charge >= 0.3 is 0 Å². The zero-order chi connectivity index (χ0) is 18.7. The van der Waals surface area contributed by atoms with Crippen LogP contribution >= 0.6 is 23.4 Å². The molecule has 0 spiro atoms. The topological polar surface area (TPSA) is 66.5 Å². The van der Waals surface area contributed by atoms with E-state index in [2.05, 4.69) is 5.32 Å². The molecule has 3 rings (SSSR count). The lowest BCUT2D eigenvalue weighted by atomic mass is 10.2. The van der Waals surface area contributed by atoms with Gasteiger partial charge in [0.2, 0.25) is 17.7 Å². The first kappa shape index (κ1) is 18.5. The van der Waals surface area contributed by atoms with E-state index < -0.39 is 5.25 Å². The van der Waals surface area contributed by atoms with Crippen molar-refractivity contribution in [1.29, 1.82) is 0 Å². The number of benzene rings is 2. The molecule has 1 aliphatic rings. The maximum atomic E-state index is 12.5. The third kappa shape index (κ3) is 4.08. The maximum Gasteiger partial charge on any atom is 0.247 e. The zero-order valence-corrected chi connectivity index (χ0v) is 15.6. The molecule has 0 bridgehead atoms.